The molecule has 2 saturated heterocycles. The molecule has 2 aromatic heterocycles. The fraction of sp³-hybridized carbons (Fsp3) is 0.500. The van der Waals surface area contributed by atoms with Crippen molar-refractivity contribution in [3.63, 3.8) is 0 Å². The van der Waals surface area contributed by atoms with E-state index in [1.807, 2.05) is 4.90 Å². The van der Waals surface area contributed by atoms with Gasteiger partial charge in [0.05, 0.1) is 13.2 Å². The molecule has 2 aliphatic heterocycles. The molecule has 2 aliphatic rings. The minimum absolute atomic E-state index is 0.103. The first-order chi connectivity index (χ1) is 10.7. The van der Waals surface area contributed by atoms with E-state index in [1.54, 1.807) is 11.0 Å². The highest BCUT2D eigenvalue weighted by Crippen LogP contribution is 2.29. The minimum Gasteiger partial charge on any atom is -0.445 e. The van der Waals surface area contributed by atoms with Gasteiger partial charge in [-0.25, -0.2) is 4.98 Å². The van der Waals surface area contributed by atoms with Gasteiger partial charge in [0, 0.05) is 32.2 Å². The van der Waals surface area contributed by atoms with Crippen LogP contribution in [-0.4, -0.2) is 60.2 Å². The number of rotatable bonds is 2. The third kappa shape index (κ3) is 2.30. The molecule has 4 rings (SSSR count). The van der Waals surface area contributed by atoms with Gasteiger partial charge in [-0.2, -0.15) is 4.98 Å². The standard InChI is InChI=1S/C14H15ClN4O3/c15-14-16-9-8-10(13(20)19-2-1-3-19)22-11(9)12(17-14)18-4-6-21-7-5-18/h8H,1-7H2. The lowest BCUT2D eigenvalue weighted by molar-refractivity contribution is 0.0621. The number of morpholine rings is 1. The van der Waals surface area contributed by atoms with E-state index in [1.165, 1.54) is 0 Å². The number of hydrogen-bond donors (Lipinski definition) is 0. The molecule has 0 saturated carbocycles. The monoisotopic (exact) mass is 322 g/mol. The van der Waals surface area contributed by atoms with Crippen molar-refractivity contribution < 1.29 is 13.9 Å². The van der Waals surface area contributed by atoms with Gasteiger partial charge in [-0.3, -0.25) is 4.79 Å². The number of hydrogen-bond acceptors (Lipinski definition) is 6. The van der Waals surface area contributed by atoms with Crippen LogP contribution in [0, 0.1) is 0 Å². The highest BCUT2D eigenvalue weighted by molar-refractivity contribution is 6.28. The third-order valence-corrected chi connectivity index (χ3v) is 4.16. The van der Waals surface area contributed by atoms with Gasteiger partial charge in [-0.1, -0.05) is 0 Å². The number of anilines is 1. The SMILES string of the molecule is O=C(c1cc2nc(Cl)nc(N3CCOCC3)c2o1)N1CCC1. The molecule has 0 aliphatic carbocycles. The largest absolute Gasteiger partial charge is 0.445 e. The molecule has 7 nitrogen and oxygen atoms in total. The fourth-order valence-corrected chi connectivity index (χ4v) is 2.83. The molecule has 0 aromatic carbocycles. The van der Waals surface area contributed by atoms with Crippen LogP contribution in [0.4, 0.5) is 5.82 Å². The Balaban J connectivity index is 1.75. The van der Waals surface area contributed by atoms with E-state index in [0.29, 0.717) is 49.0 Å². The van der Waals surface area contributed by atoms with Crippen molar-refractivity contribution in [1.82, 2.24) is 14.9 Å². The Morgan fingerprint density at radius 1 is 1.18 bits per heavy atom. The molecular weight excluding hydrogens is 308 g/mol. The van der Waals surface area contributed by atoms with Crippen molar-refractivity contribution >= 4 is 34.4 Å². The summed E-state index contributed by atoms with van der Waals surface area (Å²) in [6.07, 6.45) is 1.04. The van der Waals surface area contributed by atoms with E-state index in [-0.39, 0.29) is 11.2 Å². The summed E-state index contributed by atoms with van der Waals surface area (Å²) in [7, 11) is 0. The predicted octanol–water partition coefficient (Wildman–Crippen LogP) is 1.56. The maximum atomic E-state index is 12.3. The normalized spacial score (nSPS) is 18.6. The molecule has 0 radical (unpaired) electrons. The van der Waals surface area contributed by atoms with Crippen molar-refractivity contribution in [2.24, 2.45) is 0 Å². The molecule has 4 heterocycles. The van der Waals surface area contributed by atoms with Crippen molar-refractivity contribution in [1.29, 1.82) is 0 Å². The van der Waals surface area contributed by atoms with Gasteiger partial charge >= 0.3 is 0 Å². The average molecular weight is 323 g/mol. The first kappa shape index (κ1) is 13.8. The molecule has 0 unspecified atom stereocenters. The van der Waals surface area contributed by atoms with Gasteiger partial charge in [-0.05, 0) is 18.0 Å². The molecule has 0 bridgehead atoms. The lowest BCUT2D eigenvalue weighted by Crippen LogP contribution is -2.41. The number of fused-ring (bicyclic) bond motifs is 1. The molecule has 116 valence electrons. The van der Waals surface area contributed by atoms with Crippen LogP contribution in [0.1, 0.15) is 17.0 Å². The molecular formula is C14H15ClN4O3. The highest BCUT2D eigenvalue weighted by Gasteiger charge is 2.27. The van der Waals surface area contributed by atoms with Gasteiger partial charge in [0.2, 0.25) is 5.28 Å². The summed E-state index contributed by atoms with van der Waals surface area (Å²) < 4.78 is 11.1. The summed E-state index contributed by atoms with van der Waals surface area (Å²) in [5, 5.41) is 0.151. The Labute approximate surface area is 131 Å². The Kier molecular flexibility index (Phi) is 3.38. The van der Waals surface area contributed by atoms with Crippen LogP contribution < -0.4 is 4.90 Å². The van der Waals surface area contributed by atoms with Gasteiger partial charge in [0.25, 0.3) is 5.91 Å². The number of likely N-dealkylation sites (tertiary alicyclic amines) is 1. The summed E-state index contributed by atoms with van der Waals surface area (Å²) >= 11 is 6.02. The quantitative estimate of drug-likeness (QED) is 0.781. The number of nitrogens with zero attached hydrogens (tertiary/aromatic N) is 4. The van der Waals surface area contributed by atoms with Crippen molar-refractivity contribution in [2.75, 3.05) is 44.3 Å². The number of amides is 1. The smallest absolute Gasteiger partial charge is 0.289 e. The van der Waals surface area contributed by atoms with Gasteiger partial charge in [0.15, 0.2) is 17.2 Å². The zero-order valence-electron chi connectivity index (χ0n) is 11.9. The van der Waals surface area contributed by atoms with Crippen LogP contribution in [0.5, 0.6) is 0 Å². The number of halogens is 1. The van der Waals surface area contributed by atoms with Crippen LogP contribution >= 0.6 is 11.6 Å². The first-order valence-electron chi connectivity index (χ1n) is 7.31. The van der Waals surface area contributed by atoms with Crippen molar-refractivity contribution in [2.45, 2.75) is 6.42 Å². The van der Waals surface area contributed by atoms with Crippen LogP contribution in [0.2, 0.25) is 5.28 Å². The molecule has 0 spiro atoms. The molecule has 22 heavy (non-hydrogen) atoms. The molecule has 1 amide bonds. The summed E-state index contributed by atoms with van der Waals surface area (Å²) in [5.74, 6) is 0.815. The first-order valence-corrected chi connectivity index (χ1v) is 7.69. The predicted molar refractivity (Wildman–Crippen MR) is 80.4 cm³/mol. The summed E-state index contributed by atoms with van der Waals surface area (Å²) in [5.41, 5.74) is 1.07. The second kappa shape index (κ2) is 5.40. The second-order valence-corrected chi connectivity index (χ2v) is 5.72. The van der Waals surface area contributed by atoms with E-state index in [9.17, 15) is 4.79 Å². The highest BCUT2D eigenvalue weighted by atomic mass is 35.5. The summed E-state index contributed by atoms with van der Waals surface area (Å²) in [6, 6.07) is 1.65. The fourth-order valence-electron chi connectivity index (χ4n) is 2.66. The molecule has 2 aromatic rings. The second-order valence-electron chi connectivity index (χ2n) is 5.39. The zero-order chi connectivity index (χ0) is 15.1. The van der Waals surface area contributed by atoms with E-state index in [4.69, 9.17) is 20.8 Å². The van der Waals surface area contributed by atoms with Crippen molar-refractivity contribution in [3.8, 4) is 0 Å². The lowest BCUT2D eigenvalue weighted by Gasteiger charge is -2.29. The van der Waals surface area contributed by atoms with E-state index in [0.717, 1.165) is 19.5 Å². The van der Waals surface area contributed by atoms with E-state index < -0.39 is 0 Å². The maximum absolute atomic E-state index is 12.3. The molecule has 0 N–H and O–H groups in total. The van der Waals surface area contributed by atoms with Crippen LogP contribution in [0.15, 0.2) is 10.5 Å². The Hall–Kier alpha value is -1.86. The lowest BCUT2D eigenvalue weighted by atomic mass is 10.2. The minimum atomic E-state index is -0.103. The van der Waals surface area contributed by atoms with E-state index >= 15 is 0 Å². The third-order valence-electron chi connectivity index (χ3n) is 3.99. The van der Waals surface area contributed by atoms with Crippen molar-refractivity contribution in [3.05, 3.63) is 17.1 Å². The van der Waals surface area contributed by atoms with Gasteiger partial charge in [-0.15, -0.1) is 0 Å². The Morgan fingerprint density at radius 3 is 2.64 bits per heavy atom. The number of ether oxygens (including phenoxy) is 1. The van der Waals surface area contributed by atoms with Crippen LogP contribution in [0.3, 0.4) is 0 Å². The van der Waals surface area contributed by atoms with Gasteiger partial charge in [0.1, 0.15) is 5.52 Å². The van der Waals surface area contributed by atoms with Crippen LogP contribution in [-0.2, 0) is 4.74 Å². The Morgan fingerprint density at radius 2 is 1.95 bits per heavy atom. The van der Waals surface area contributed by atoms with Crippen LogP contribution in [0.25, 0.3) is 11.1 Å². The number of aromatic nitrogens is 2. The molecule has 0 atom stereocenters. The number of carbonyl (C=O) groups excluding carboxylic acids is 1. The summed E-state index contributed by atoms with van der Waals surface area (Å²) in [4.78, 5) is 24.5. The Bertz CT molecular complexity index is 722. The maximum Gasteiger partial charge on any atom is 0.289 e. The molecule has 2 fully saturated rings. The molecule has 8 heteroatoms. The van der Waals surface area contributed by atoms with Gasteiger partial charge < -0.3 is 19.0 Å². The number of furan rings is 1. The topological polar surface area (TPSA) is 71.7 Å². The zero-order valence-corrected chi connectivity index (χ0v) is 12.7. The summed E-state index contributed by atoms with van der Waals surface area (Å²) in [6.45, 7) is 4.22. The van der Waals surface area contributed by atoms with E-state index in [2.05, 4.69) is 9.97 Å². The number of carbonyl (C=O) groups is 1. The average Bonchev–Trinajstić information content (AvgIpc) is 2.89.